The molecule has 2 atom stereocenters. The maximum absolute atomic E-state index is 13.4. The van der Waals surface area contributed by atoms with Gasteiger partial charge in [0.05, 0.1) is 13.0 Å². The molecule has 1 aromatic rings. The zero-order valence-corrected chi connectivity index (χ0v) is 21.0. The van der Waals surface area contributed by atoms with E-state index in [1.54, 1.807) is 58.0 Å². The van der Waals surface area contributed by atoms with Crippen molar-refractivity contribution >= 4 is 29.8 Å². The van der Waals surface area contributed by atoms with E-state index in [4.69, 9.17) is 15.2 Å². The summed E-state index contributed by atoms with van der Waals surface area (Å²) in [6.07, 6.45) is -1.12. The van der Waals surface area contributed by atoms with E-state index in [0.717, 1.165) is 0 Å². The Balaban J connectivity index is 3.11. The van der Waals surface area contributed by atoms with E-state index in [1.165, 1.54) is 11.9 Å². The monoisotopic (exact) mass is 492 g/mol. The van der Waals surface area contributed by atoms with Crippen molar-refractivity contribution < 1.29 is 33.4 Å². The molecule has 0 aromatic heterocycles. The zero-order valence-electron chi connectivity index (χ0n) is 21.0. The van der Waals surface area contributed by atoms with Gasteiger partial charge in [-0.15, -0.1) is 0 Å². The van der Waals surface area contributed by atoms with Gasteiger partial charge in [-0.2, -0.15) is 0 Å². The number of carbonyl (C=O) groups excluding carboxylic acids is 5. The van der Waals surface area contributed by atoms with Gasteiger partial charge in [-0.05, 0) is 39.7 Å². The third-order valence-corrected chi connectivity index (χ3v) is 4.70. The van der Waals surface area contributed by atoms with E-state index < -0.39 is 47.5 Å². The topological polar surface area (TPSA) is 157 Å². The third-order valence-electron chi connectivity index (χ3n) is 4.70. The molecule has 0 spiro atoms. The molecule has 0 saturated heterocycles. The van der Waals surface area contributed by atoms with E-state index in [-0.39, 0.29) is 32.4 Å². The molecule has 0 saturated carbocycles. The first-order chi connectivity index (χ1) is 16.4. The molecule has 0 aliphatic heterocycles. The molecule has 4 amide bonds. The lowest BCUT2D eigenvalue weighted by atomic mass is 10.0. The molecule has 0 heterocycles. The Morgan fingerprint density at radius 3 is 2.23 bits per heavy atom. The molecular weight excluding hydrogens is 456 g/mol. The Hall–Kier alpha value is -3.63. The number of rotatable bonds is 12. The van der Waals surface area contributed by atoms with Crippen molar-refractivity contribution in [2.75, 3.05) is 20.2 Å². The molecule has 194 valence electrons. The van der Waals surface area contributed by atoms with Crippen molar-refractivity contribution in [1.29, 1.82) is 0 Å². The fourth-order valence-corrected chi connectivity index (χ4v) is 3.17. The number of hydrogen-bond donors (Lipinski definition) is 3. The number of esters is 1. The van der Waals surface area contributed by atoms with E-state index in [2.05, 4.69) is 10.6 Å². The highest BCUT2D eigenvalue weighted by Gasteiger charge is 2.34. The van der Waals surface area contributed by atoms with Crippen LogP contribution < -0.4 is 16.4 Å². The molecule has 1 aromatic carbocycles. The molecule has 2 unspecified atom stereocenters. The lowest BCUT2D eigenvalue weighted by Crippen LogP contribution is -2.52. The van der Waals surface area contributed by atoms with Crippen molar-refractivity contribution in [2.24, 2.45) is 5.73 Å². The first kappa shape index (κ1) is 29.4. The van der Waals surface area contributed by atoms with Gasteiger partial charge in [-0.1, -0.05) is 30.3 Å². The van der Waals surface area contributed by atoms with E-state index in [9.17, 15) is 24.0 Å². The molecule has 1 rings (SSSR count). The smallest absolute Gasteiger partial charge is 0.408 e. The van der Waals surface area contributed by atoms with Crippen molar-refractivity contribution in [3.05, 3.63) is 35.9 Å². The quantitative estimate of drug-likeness (QED) is 0.372. The van der Waals surface area contributed by atoms with Crippen LogP contribution in [0.3, 0.4) is 0 Å². The number of nitrogens with zero attached hydrogens (tertiary/aromatic N) is 1. The highest BCUT2D eigenvalue weighted by molar-refractivity contribution is 5.92. The molecule has 0 bridgehead atoms. The maximum Gasteiger partial charge on any atom is 0.408 e. The van der Waals surface area contributed by atoms with E-state index in [1.807, 2.05) is 0 Å². The average Bonchev–Trinajstić information content (AvgIpc) is 2.75. The summed E-state index contributed by atoms with van der Waals surface area (Å²) in [5, 5.41) is 5.12. The van der Waals surface area contributed by atoms with Crippen molar-refractivity contribution in [1.82, 2.24) is 15.5 Å². The predicted octanol–water partition coefficient (Wildman–Crippen LogP) is 1.41. The molecular formula is C24H36N4O7. The van der Waals surface area contributed by atoms with Gasteiger partial charge in [0.1, 0.15) is 17.7 Å². The molecule has 11 heteroatoms. The minimum Gasteiger partial charge on any atom is -0.466 e. The number of amides is 4. The van der Waals surface area contributed by atoms with Crippen molar-refractivity contribution in [3.8, 4) is 0 Å². The fraction of sp³-hybridized carbons (Fsp3) is 0.542. The highest BCUT2D eigenvalue weighted by atomic mass is 16.6. The van der Waals surface area contributed by atoms with Crippen LogP contribution in [-0.4, -0.2) is 66.5 Å². The van der Waals surface area contributed by atoms with Crippen LogP contribution in [0.25, 0.3) is 0 Å². The molecule has 0 aliphatic carbocycles. The number of nitrogens with one attached hydrogen (secondary N) is 2. The third kappa shape index (κ3) is 10.9. The summed E-state index contributed by atoms with van der Waals surface area (Å²) in [6.45, 7) is 6.95. The number of hydrogen-bond acceptors (Lipinski definition) is 7. The summed E-state index contributed by atoms with van der Waals surface area (Å²) < 4.78 is 10.1. The van der Waals surface area contributed by atoms with Crippen LogP contribution in [0.5, 0.6) is 0 Å². The Bertz CT molecular complexity index is 884. The summed E-state index contributed by atoms with van der Waals surface area (Å²) in [4.78, 5) is 62.9. The predicted molar refractivity (Wildman–Crippen MR) is 128 cm³/mol. The largest absolute Gasteiger partial charge is 0.466 e. The van der Waals surface area contributed by atoms with Gasteiger partial charge in [0.15, 0.2) is 0 Å². The number of likely N-dealkylation sites (N-methyl/N-ethyl adjacent to an activating group) is 1. The Morgan fingerprint density at radius 2 is 1.69 bits per heavy atom. The molecule has 0 radical (unpaired) electrons. The minimum atomic E-state index is -1.17. The summed E-state index contributed by atoms with van der Waals surface area (Å²) in [6, 6.07) is 6.33. The number of carbonyl (C=O) groups is 5. The summed E-state index contributed by atoms with van der Waals surface area (Å²) in [5.41, 5.74) is 4.95. The lowest BCUT2D eigenvalue weighted by molar-refractivity contribution is -0.144. The van der Waals surface area contributed by atoms with Crippen LogP contribution in [0.15, 0.2) is 30.3 Å². The first-order valence-corrected chi connectivity index (χ1v) is 11.4. The molecule has 11 nitrogen and oxygen atoms in total. The van der Waals surface area contributed by atoms with Gasteiger partial charge >= 0.3 is 12.1 Å². The van der Waals surface area contributed by atoms with Crippen molar-refractivity contribution in [3.63, 3.8) is 0 Å². The van der Waals surface area contributed by atoms with Crippen LogP contribution >= 0.6 is 0 Å². The SMILES string of the molecule is CCOC(=O)CCNC(=O)C(c1ccccc1)N(C)C(=O)C(CCC(N)=O)NC(=O)OC(C)(C)C. The van der Waals surface area contributed by atoms with Crippen LogP contribution in [0.2, 0.25) is 0 Å². The Labute approximate surface area is 205 Å². The molecule has 35 heavy (non-hydrogen) atoms. The normalized spacial score (nSPS) is 12.6. The second-order valence-corrected chi connectivity index (χ2v) is 8.81. The lowest BCUT2D eigenvalue weighted by Gasteiger charge is -2.31. The summed E-state index contributed by atoms with van der Waals surface area (Å²) in [7, 11) is 1.42. The minimum absolute atomic E-state index is 0.0181. The van der Waals surface area contributed by atoms with Gasteiger partial charge in [0, 0.05) is 20.0 Å². The van der Waals surface area contributed by atoms with E-state index >= 15 is 0 Å². The number of ether oxygens (including phenoxy) is 2. The molecule has 4 N–H and O–H groups in total. The Morgan fingerprint density at radius 1 is 1.06 bits per heavy atom. The first-order valence-electron chi connectivity index (χ1n) is 11.4. The number of benzene rings is 1. The fourth-order valence-electron chi connectivity index (χ4n) is 3.17. The van der Waals surface area contributed by atoms with E-state index in [0.29, 0.717) is 5.56 Å². The van der Waals surface area contributed by atoms with Gasteiger partial charge in [-0.25, -0.2) is 4.79 Å². The standard InChI is InChI=1S/C24H36N4O7/c1-6-34-19(30)14-15-26-21(31)20(16-10-8-7-9-11-16)28(5)22(32)17(12-13-18(25)29)27-23(33)35-24(2,3)4/h7-11,17,20H,6,12-15H2,1-5H3,(H2,25,29)(H,26,31)(H,27,33). The zero-order chi connectivity index (χ0) is 26.6. The second-order valence-electron chi connectivity index (χ2n) is 8.81. The van der Waals surface area contributed by atoms with Gasteiger partial charge < -0.3 is 30.7 Å². The average molecular weight is 493 g/mol. The Kier molecular flexibility index (Phi) is 11.7. The second kappa shape index (κ2) is 13.9. The maximum atomic E-state index is 13.4. The van der Waals surface area contributed by atoms with Crippen LogP contribution in [-0.2, 0) is 28.7 Å². The van der Waals surface area contributed by atoms with Gasteiger partial charge in [-0.3, -0.25) is 19.2 Å². The summed E-state index contributed by atoms with van der Waals surface area (Å²) in [5.74, 6) is -2.25. The number of primary amides is 1. The number of nitrogens with two attached hydrogens (primary N) is 1. The van der Waals surface area contributed by atoms with Crippen molar-refractivity contribution in [2.45, 2.75) is 64.6 Å². The van der Waals surface area contributed by atoms with Gasteiger partial charge in [0.2, 0.25) is 17.7 Å². The number of alkyl carbamates (subject to hydrolysis) is 1. The van der Waals surface area contributed by atoms with Crippen LogP contribution in [0, 0.1) is 0 Å². The highest BCUT2D eigenvalue weighted by Crippen LogP contribution is 2.21. The summed E-state index contributed by atoms with van der Waals surface area (Å²) >= 11 is 0. The van der Waals surface area contributed by atoms with Gasteiger partial charge in [0.25, 0.3) is 0 Å². The van der Waals surface area contributed by atoms with Crippen LogP contribution in [0.1, 0.15) is 58.6 Å². The molecule has 0 fully saturated rings. The molecule has 0 aliphatic rings. The van der Waals surface area contributed by atoms with Crippen LogP contribution in [0.4, 0.5) is 4.79 Å².